The van der Waals surface area contributed by atoms with Gasteiger partial charge in [-0.15, -0.1) is 0 Å². The van der Waals surface area contributed by atoms with Gasteiger partial charge in [0, 0.05) is 23.0 Å². The largest absolute Gasteiger partial charge is 0.398 e. The van der Waals surface area contributed by atoms with Crippen molar-refractivity contribution in [2.24, 2.45) is 5.92 Å². The Morgan fingerprint density at radius 1 is 1.32 bits per heavy atom. The van der Waals surface area contributed by atoms with E-state index in [0.29, 0.717) is 22.5 Å². The molecule has 0 radical (unpaired) electrons. The number of benzene rings is 1. The van der Waals surface area contributed by atoms with Gasteiger partial charge >= 0.3 is 0 Å². The van der Waals surface area contributed by atoms with Gasteiger partial charge < -0.3 is 11.5 Å². The Kier molecular flexibility index (Phi) is 3.28. The summed E-state index contributed by atoms with van der Waals surface area (Å²) >= 11 is 0. The lowest BCUT2D eigenvalue weighted by atomic mass is 10.0. The van der Waals surface area contributed by atoms with Crippen LogP contribution in [0.25, 0.3) is 16.8 Å². The standard InChI is InChI=1S/C18H16F2N4O/c1-8-4-10(13(20)6-14(8)21)9-2-3-15-23-18(22)16(24(15)7-9)17(25)11-5-12(11)19/h2-4,6-7,11-12H,5,21-22H2,1H3/t11-,12+/m1/s1. The number of hydrogen-bond donors (Lipinski definition) is 2. The minimum Gasteiger partial charge on any atom is -0.398 e. The number of pyridine rings is 1. The third-order valence-electron chi connectivity index (χ3n) is 4.59. The highest BCUT2D eigenvalue weighted by atomic mass is 19.1. The first kappa shape index (κ1) is 15.6. The number of nitrogen functional groups attached to an aromatic ring is 2. The zero-order valence-electron chi connectivity index (χ0n) is 13.5. The summed E-state index contributed by atoms with van der Waals surface area (Å²) in [5.41, 5.74) is 14.2. The molecule has 4 rings (SSSR count). The summed E-state index contributed by atoms with van der Waals surface area (Å²) in [5.74, 6) is -1.45. The maximum Gasteiger partial charge on any atom is 0.189 e. The maximum atomic E-state index is 14.3. The van der Waals surface area contributed by atoms with Crippen molar-refractivity contribution in [2.75, 3.05) is 11.5 Å². The number of aromatic nitrogens is 2. The second-order valence-corrected chi connectivity index (χ2v) is 6.40. The minimum absolute atomic E-state index is 0.0511. The molecule has 1 aliphatic carbocycles. The molecule has 0 unspecified atom stereocenters. The Morgan fingerprint density at radius 2 is 2.04 bits per heavy atom. The predicted octanol–water partition coefficient (Wildman–Crippen LogP) is 3.15. The second kappa shape index (κ2) is 5.27. The van der Waals surface area contributed by atoms with Crippen LogP contribution in [0.15, 0.2) is 30.5 Å². The summed E-state index contributed by atoms with van der Waals surface area (Å²) in [6, 6.07) is 6.25. The van der Waals surface area contributed by atoms with Crippen molar-refractivity contribution in [1.82, 2.24) is 9.38 Å². The summed E-state index contributed by atoms with van der Waals surface area (Å²) in [5, 5.41) is 0. The highest BCUT2D eigenvalue weighted by Crippen LogP contribution is 2.38. The molecular formula is C18H16F2N4O. The molecule has 0 aliphatic heterocycles. The number of ketones is 1. The van der Waals surface area contributed by atoms with Gasteiger partial charge in [-0.2, -0.15) is 0 Å². The van der Waals surface area contributed by atoms with E-state index in [1.165, 1.54) is 10.5 Å². The molecule has 128 valence electrons. The van der Waals surface area contributed by atoms with Gasteiger partial charge in [-0.3, -0.25) is 9.20 Å². The number of carbonyl (C=O) groups is 1. The average Bonchev–Trinajstić information content (AvgIpc) is 3.20. The molecule has 1 fully saturated rings. The molecule has 25 heavy (non-hydrogen) atoms. The fourth-order valence-electron chi connectivity index (χ4n) is 3.00. The van der Waals surface area contributed by atoms with Gasteiger partial charge in [-0.05, 0) is 43.2 Å². The molecule has 2 atom stereocenters. The Morgan fingerprint density at radius 3 is 2.72 bits per heavy atom. The first-order valence-electron chi connectivity index (χ1n) is 7.88. The lowest BCUT2D eigenvalue weighted by molar-refractivity contribution is 0.0952. The van der Waals surface area contributed by atoms with E-state index in [2.05, 4.69) is 4.98 Å². The van der Waals surface area contributed by atoms with Crippen molar-refractivity contribution in [3.63, 3.8) is 0 Å². The number of fused-ring (bicyclic) bond motifs is 1. The summed E-state index contributed by atoms with van der Waals surface area (Å²) < 4.78 is 29.1. The van der Waals surface area contributed by atoms with E-state index in [9.17, 15) is 13.6 Å². The fourth-order valence-corrected chi connectivity index (χ4v) is 3.00. The van der Waals surface area contributed by atoms with Crippen molar-refractivity contribution in [1.29, 1.82) is 0 Å². The van der Waals surface area contributed by atoms with Crippen LogP contribution in [0.1, 0.15) is 22.5 Å². The molecule has 0 amide bonds. The van der Waals surface area contributed by atoms with E-state index in [0.717, 1.165) is 5.56 Å². The molecule has 5 nitrogen and oxygen atoms in total. The van der Waals surface area contributed by atoms with Crippen LogP contribution in [0, 0.1) is 18.7 Å². The van der Waals surface area contributed by atoms with E-state index in [4.69, 9.17) is 11.5 Å². The number of halogens is 2. The number of aryl methyl sites for hydroxylation is 1. The smallest absolute Gasteiger partial charge is 0.189 e. The Balaban J connectivity index is 1.88. The van der Waals surface area contributed by atoms with Crippen molar-refractivity contribution in [2.45, 2.75) is 19.5 Å². The van der Waals surface area contributed by atoms with Crippen LogP contribution in [0.4, 0.5) is 20.3 Å². The number of nitrogens with two attached hydrogens (primary N) is 2. The fraction of sp³-hybridized carbons (Fsp3) is 0.222. The Labute approximate surface area is 142 Å². The molecule has 4 N–H and O–H groups in total. The number of anilines is 2. The first-order valence-corrected chi connectivity index (χ1v) is 7.88. The molecule has 1 saturated carbocycles. The molecule has 3 aromatic rings. The summed E-state index contributed by atoms with van der Waals surface area (Å²) in [6.45, 7) is 1.79. The third-order valence-corrected chi connectivity index (χ3v) is 4.59. The number of rotatable bonds is 3. The lowest BCUT2D eigenvalue weighted by Gasteiger charge is -2.09. The van der Waals surface area contributed by atoms with E-state index in [1.807, 2.05) is 0 Å². The van der Waals surface area contributed by atoms with Crippen LogP contribution >= 0.6 is 0 Å². The van der Waals surface area contributed by atoms with Gasteiger partial charge in [0.25, 0.3) is 0 Å². The van der Waals surface area contributed by atoms with Crippen LogP contribution in [-0.2, 0) is 0 Å². The SMILES string of the molecule is Cc1cc(-c2ccc3nc(N)c(C(=O)[C@@H]4C[C@@H]4F)n3c2)c(F)cc1N. The van der Waals surface area contributed by atoms with Gasteiger partial charge in [-0.1, -0.05) is 0 Å². The normalized spacial score (nSPS) is 19.3. The maximum absolute atomic E-state index is 14.3. The first-order chi connectivity index (χ1) is 11.9. The van der Waals surface area contributed by atoms with Gasteiger partial charge in [0.2, 0.25) is 0 Å². The molecule has 7 heteroatoms. The molecule has 1 aromatic carbocycles. The van der Waals surface area contributed by atoms with Crippen molar-refractivity contribution in [3.05, 3.63) is 47.5 Å². The topological polar surface area (TPSA) is 86.4 Å². The quantitative estimate of drug-likeness (QED) is 0.565. The van der Waals surface area contributed by atoms with Crippen molar-refractivity contribution >= 4 is 22.9 Å². The van der Waals surface area contributed by atoms with Crippen LogP contribution < -0.4 is 11.5 Å². The van der Waals surface area contributed by atoms with E-state index < -0.39 is 17.9 Å². The zero-order chi connectivity index (χ0) is 17.9. The lowest BCUT2D eigenvalue weighted by Crippen LogP contribution is -2.10. The highest BCUT2D eigenvalue weighted by Gasteiger charge is 2.45. The van der Waals surface area contributed by atoms with E-state index in [-0.39, 0.29) is 23.7 Å². The third kappa shape index (κ3) is 2.43. The zero-order valence-corrected chi connectivity index (χ0v) is 13.5. The Bertz CT molecular complexity index is 1030. The molecule has 2 aromatic heterocycles. The summed E-state index contributed by atoms with van der Waals surface area (Å²) in [6.07, 6.45) is 0.671. The molecule has 0 saturated heterocycles. The van der Waals surface area contributed by atoms with E-state index in [1.54, 1.807) is 31.3 Å². The molecule has 1 aliphatic rings. The van der Waals surface area contributed by atoms with E-state index >= 15 is 0 Å². The van der Waals surface area contributed by atoms with Gasteiger partial charge in [-0.25, -0.2) is 13.8 Å². The number of imidazole rings is 1. The van der Waals surface area contributed by atoms with Crippen LogP contribution in [-0.4, -0.2) is 21.3 Å². The van der Waals surface area contributed by atoms with Gasteiger partial charge in [0.15, 0.2) is 11.6 Å². The molecule has 2 heterocycles. The van der Waals surface area contributed by atoms with Gasteiger partial charge in [0.05, 0.1) is 5.92 Å². The predicted molar refractivity (Wildman–Crippen MR) is 91.5 cm³/mol. The monoisotopic (exact) mass is 342 g/mol. The van der Waals surface area contributed by atoms with Crippen LogP contribution in [0.2, 0.25) is 0 Å². The van der Waals surface area contributed by atoms with Crippen molar-refractivity contribution in [3.8, 4) is 11.1 Å². The summed E-state index contributed by atoms with van der Waals surface area (Å²) in [7, 11) is 0. The second-order valence-electron chi connectivity index (χ2n) is 6.40. The van der Waals surface area contributed by atoms with Crippen LogP contribution in [0.3, 0.4) is 0 Å². The number of nitrogens with zero attached hydrogens (tertiary/aromatic N) is 2. The highest BCUT2D eigenvalue weighted by molar-refractivity contribution is 6.03. The van der Waals surface area contributed by atoms with Crippen LogP contribution in [0.5, 0.6) is 0 Å². The average molecular weight is 342 g/mol. The minimum atomic E-state index is -1.13. The number of carbonyl (C=O) groups excluding carboxylic acids is 1. The number of Topliss-reactive ketones (excluding diaryl/α,β-unsaturated/α-hetero) is 1. The van der Waals surface area contributed by atoms with Crippen molar-refractivity contribution < 1.29 is 13.6 Å². The summed E-state index contributed by atoms with van der Waals surface area (Å²) in [4.78, 5) is 16.6. The Hall–Kier alpha value is -2.96. The number of alkyl halides is 1. The van der Waals surface area contributed by atoms with Gasteiger partial charge in [0.1, 0.15) is 23.3 Å². The molecular weight excluding hydrogens is 326 g/mol. The number of hydrogen-bond acceptors (Lipinski definition) is 4. The molecule has 0 spiro atoms. The molecule has 0 bridgehead atoms.